The van der Waals surface area contributed by atoms with Crippen molar-refractivity contribution in [2.75, 3.05) is 20.3 Å². The predicted octanol–water partition coefficient (Wildman–Crippen LogP) is 3.96. The number of para-hydroxylation sites is 1. The average Bonchev–Trinajstić information content (AvgIpc) is 2.87. The molecule has 0 saturated heterocycles. The fourth-order valence-electron chi connectivity index (χ4n) is 4.74. The molecule has 0 aliphatic heterocycles. The number of hydrogen-bond donors (Lipinski definition) is 3. The number of aliphatic hydroxyl groups is 2. The van der Waals surface area contributed by atoms with Crippen molar-refractivity contribution in [3.8, 4) is 5.88 Å². The minimum atomic E-state index is -1.44. The zero-order valence-electron chi connectivity index (χ0n) is 19.0. The van der Waals surface area contributed by atoms with E-state index in [1.54, 1.807) is 24.3 Å². The van der Waals surface area contributed by atoms with Crippen molar-refractivity contribution in [1.29, 1.82) is 0 Å². The summed E-state index contributed by atoms with van der Waals surface area (Å²) < 4.78 is 32.2. The van der Waals surface area contributed by atoms with Crippen LogP contribution in [0.15, 0.2) is 48.7 Å². The minimum absolute atomic E-state index is 0.147. The highest BCUT2D eigenvalue weighted by molar-refractivity contribution is 5.79. The topological polar surface area (TPSA) is 87.5 Å². The summed E-state index contributed by atoms with van der Waals surface area (Å²) >= 11 is 0. The average molecular weight is 470 g/mol. The SMILES string of the molecule is COc1cnc2cccc(C(O)(CO)C3CCC(NC/C=C/c4cc(F)ccc4F)CC3)c2n1. The van der Waals surface area contributed by atoms with Crippen molar-refractivity contribution in [1.82, 2.24) is 15.3 Å². The van der Waals surface area contributed by atoms with Crippen molar-refractivity contribution in [2.45, 2.75) is 37.3 Å². The number of nitrogens with zero attached hydrogens (tertiary/aromatic N) is 2. The van der Waals surface area contributed by atoms with Gasteiger partial charge in [0.2, 0.25) is 5.88 Å². The number of rotatable bonds is 8. The summed E-state index contributed by atoms with van der Waals surface area (Å²) in [7, 11) is 1.51. The highest BCUT2D eigenvalue weighted by Crippen LogP contribution is 2.41. The Labute approximate surface area is 197 Å². The van der Waals surface area contributed by atoms with Crippen LogP contribution < -0.4 is 10.1 Å². The van der Waals surface area contributed by atoms with Crippen molar-refractivity contribution < 1.29 is 23.7 Å². The van der Waals surface area contributed by atoms with Crippen LogP contribution >= 0.6 is 0 Å². The molecule has 34 heavy (non-hydrogen) atoms. The van der Waals surface area contributed by atoms with Gasteiger partial charge in [-0.1, -0.05) is 24.3 Å². The molecule has 8 heteroatoms. The van der Waals surface area contributed by atoms with Gasteiger partial charge in [0.15, 0.2) is 0 Å². The van der Waals surface area contributed by atoms with Crippen molar-refractivity contribution in [3.05, 3.63) is 71.4 Å². The Kier molecular flexibility index (Phi) is 7.50. The summed E-state index contributed by atoms with van der Waals surface area (Å²) in [5, 5.41) is 25.3. The third kappa shape index (κ3) is 5.09. The van der Waals surface area contributed by atoms with Gasteiger partial charge in [-0.05, 0) is 55.9 Å². The van der Waals surface area contributed by atoms with E-state index < -0.39 is 23.8 Å². The van der Waals surface area contributed by atoms with Gasteiger partial charge in [-0.3, -0.25) is 0 Å². The number of ether oxygens (including phenoxy) is 1. The van der Waals surface area contributed by atoms with Crippen molar-refractivity contribution >= 4 is 17.1 Å². The van der Waals surface area contributed by atoms with E-state index in [4.69, 9.17) is 4.74 Å². The number of methoxy groups -OCH3 is 1. The molecule has 1 aliphatic rings. The summed E-state index contributed by atoms with van der Waals surface area (Å²) in [6, 6.07) is 9.01. The molecule has 6 nitrogen and oxygen atoms in total. The number of aromatic nitrogens is 2. The van der Waals surface area contributed by atoms with Crippen LogP contribution in [0.1, 0.15) is 36.8 Å². The summed E-state index contributed by atoms with van der Waals surface area (Å²) in [5.41, 5.74) is 0.472. The number of halogens is 2. The maximum absolute atomic E-state index is 13.7. The molecule has 1 heterocycles. The van der Waals surface area contributed by atoms with Gasteiger partial charge < -0.3 is 20.3 Å². The van der Waals surface area contributed by atoms with E-state index in [-0.39, 0.29) is 17.5 Å². The molecule has 0 spiro atoms. The van der Waals surface area contributed by atoms with Crippen LogP contribution in [0.5, 0.6) is 5.88 Å². The molecular weight excluding hydrogens is 440 g/mol. The van der Waals surface area contributed by atoms with E-state index in [1.807, 2.05) is 6.07 Å². The van der Waals surface area contributed by atoms with Crippen LogP contribution in [-0.4, -0.2) is 46.5 Å². The third-order valence-corrected chi connectivity index (χ3v) is 6.65. The monoisotopic (exact) mass is 469 g/mol. The van der Waals surface area contributed by atoms with Crippen LogP contribution in [0.25, 0.3) is 17.1 Å². The zero-order chi connectivity index (χ0) is 24.1. The summed E-state index contributed by atoms with van der Waals surface area (Å²) in [4.78, 5) is 8.83. The van der Waals surface area contributed by atoms with Gasteiger partial charge in [0.05, 0.1) is 30.9 Å². The molecule has 1 saturated carbocycles. The lowest BCUT2D eigenvalue weighted by Crippen LogP contribution is -2.44. The molecule has 2 aromatic carbocycles. The second kappa shape index (κ2) is 10.5. The molecule has 1 fully saturated rings. The first-order valence-corrected chi connectivity index (χ1v) is 11.4. The van der Waals surface area contributed by atoms with Gasteiger partial charge in [-0.2, -0.15) is 0 Å². The summed E-state index contributed by atoms with van der Waals surface area (Å²) in [6.45, 7) is 0.101. The Morgan fingerprint density at radius 3 is 2.71 bits per heavy atom. The molecule has 3 aromatic rings. The number of benzene rings is 2. The lowest BCUT2D eigenvalue weighted by atomic mass is 9.72. The quantitative estimate of drug-likeness (QED) is 0.463. The Hall–Kier alpha value is -2.94. The van der Waals surface area contributed by atoms with E-state index in [2.05, 4.69) is 15.3 Å². The molecule has 1 aliphatic carbocycles. The standard InChI is InChI=1S/C26H29F2N3O3/c1-34-24-15-30-23-6-2-5-21(25(23)31-24)26(33,16-32)18-7-10-20(11-8-18)29-13-3-4-17-14-19(27)9-12-22(17)28/h2-6,9,12,14-15,18,20,29,32-33H,7-8,10-11,13,16H2,1H3/b4-3+. The molecule has 1 unspecified atom stereocenters. The van der Waals surface area contributed by atoms with E-state index >= 15 is 0 Å². The highest BCUT2D eigenvalue weighted by atomic mass is 19.1. The van der Waals surface area contributed by atoms with Crippen LogP contribution in [0.3, 0.4) is 0 Å². The van der Waals surface area contributed by atoms with Gasteiger partial charge in [0, 0.05) is 23.7 Å². The molecule has 1 aromatic heterocycles. The van der Waals surface area contributed by atoms with Crippen LogP contribution in [0.4, 0.5) is 8.78 Å². The summed E-state index contributed by atoms with van der Waals surface area (Å²) in [5.74, 6) is -0.734. The number of nitrogens with one attached hydrogen (secondary N) is 1. The normalized spacial score (nSPS) is 20.5. The fraction of sp³-hybridized carbons (Fsp3) is 0.385. The molecular formula is C26H29F2N3O3. The molecule has 0 radical (unpaired) electrons. The Bertz CT molecular complexity index is 1170. The molecule has 180 valence electrons. The maximum atomic E-state index is 13.7. The van der Waals surface area contributed by atoms with Gasteiger partial charge in [-0.15, -0.1) is 0 Å². The molecule has 3 N–H and O–H groups in total. The largest absolute Gasteiger partial charge is 0.480 e. The first-order chi connectivity index (χ1) is 16.4. The number of hydrogen-bond acceptors (Lipinski definition) is 6. The van der Waals surface area contributed by atoms with Crippen LogP contribution in [0.2, 0.25) is 0 Å². The van der Waals surface area contributed by atoms with Gasteiger partial charge in [-0.25, -0.2) is 18.7 Å². The number of aliphatic hydroxyl groups excluding tert-OH is 1. The Balaban J connectivity index is 1.40. The smallest absolute Gasteiger partial charge is 0.232 e. The minimum Gasteiger partial charge on any atom is -0.480 e. The second-order valence-corrected chi connectivity index (χ2v) is 8.69. The molecule has 0 amide bonds. The van der Waals surface area contributed by atoms with Gasteiger partial charge in [0.25, 0.3) is 0 Å². The molecule has 0 bridgehead atoms. The van der Waals surface area contributed by atoms with Crippen molar-refractivity contribution in [2.24, 2.45) is 5.92 Å². The van der Waals surface area contributed by atoms with Crippen LogP contribution in [0, 0.1) is 17.6 Å². The van der Waals surface area contributed by atoms with E-state index in [0.717, 1.165) is 25.0 Å². The second-order valence-electron chi connectivity index (χ2n) is 8.69. The zero-order valence-corrected chi connectivity index (χ0v) is 19.0. The third-order valence-electron chi connectivity index (χ3n) is 6.65. The van der Waals surface area contributed by atoms with Crippen molar-refractivity contribution in [3.63, 3.8) is 0 Å². The Morgan fingerprint density at radius 2 is 1.97 bits per heavy atom. The van der Waals surface area contributed by atoms with E-state index in [0.29, 0.717) is 41.9 Å². The highest BCUT2D eigenvalue weighted by Gasteiger charge is 2.41. The summed E-state index contributed by atoms with van der Waals surface area (Å²) in [6.07, 6.45) is 7.92. The Morgan fingerprint density at radius 1 is 1.18 bits per heavy atom. The lowest BCUT2D eigenvalue weighted by Gasteiger charge is -2.40. The molecule has 1 atom stereocenters. The van der Waals surface area contributed by atoms with Gasteiger partial charge in [0.1, 0.15) is 17.2 Å². The maximum Gasteiger partial charge on any atom is 0.232 e. The van der Waals surface area contributed by atoms with E-state index in [9.17, 15) is 19.0 Å². The predicted molar refractivity (Wildman–Crippen MR) is 126 cm³/mol. The van der Waals surface area contributed by atoms with E-state index in [1.165, 1.54) is 19.4 Å². The number of fused-ring (bicyclic) bond motifs is 1. The van der Waals surface area contributed by atoms with Gasteiger partial charge >= 0.3 is 0 Å². The molecule has 4 rings (SSSR count). The first-order valence-electron chi connectivity index (χ1n) is 11.4. The lowest BCUT2D eigenvalue weighted by molar-refractivity contribution is -0.0797. The van der Waals surface area contributed by atoms with Crippen LogP contribution in [-0.2, 0) is 5.60 Å². The first kappa shape index (κ1) is 24.2. The fourth-order valence-corrected chi connectivity index (χ4v) is 4.74.